The number of aliphatic hydroxyl groups is 4. The SMILES string of the molecule is CC(C)CC[C@@H](O)[C@@H](C)[C@H]1CC[C@@]2(O)[C@@H]3CC(=O)C4C[C@@H](O)[C@@H](O)C[C@]4(C)[C@H]3CC[C@]12C. The second-order valence-electron chi connectivity index (χ2n) is 12.9. The minimum atomic E-state index is -0.905. The Labute approximate surface area is 194 Å². The Hall–Kier alpha value is -0.490. The van der Waals surface area contributed by atoms with Crippen LogP contribution in [0.5, 0.6) is 0 Å². The molecule has 5 heteroatoms. The first kappa shape index (κ1) is 24.6. The lowest BCUT2D eigenvalue weighted by atomic mass is 9.42. The molecule has 4 saturated carbocycles. The summed E-state index contributed by atoms with van der Waals surface area (Å²) in [5, 5.41) is 43.9. The first-order valence-corrected chi connectivity index (χ1v) is 13.1. The van der Waals surface area contributed by atoms with Crippen molar-refractivity contribution in [2.24, 2.45) is 46.3 Å². The van der Waals surface area contributed by atoms with Crippen LogP contribution >= 0.6 is 0 Å². The van der Waals surface area contributed by atoms with Crippen LogP contribution in [-0.2, 0) is 4.79 Å². The van der Waals surface area contributed by atoms with E-state index in [2.05, 4.69) is 34.6 Å². The minimum Gasteiger partial charge on any atom is -0.393 e. The van der Waals surface area contributed by atoms with Gasteiger partial charge in [-0.05, 0) is 91.8 Å². The number of carbonyl (C=O) groups is 1. The first-order valence-electron chi connectivity index (χ1n) is 13.1. The number of hydrogen-bond acceptors (Lipinski definition) is 5. The molecule has 32 heavy (non-hydrogen) atoms. The molecule has 4 aliphatic carbocycles. The Morgan fingerprint density at radius 3 is 2.34 bits per heavy atom. The number of carbonyl (C=O) groups excluding carboxylic acids is 1. The molecule has 0 aromatic carbocycles. The predicted octanol–water partition coefficient (Wildman–Crippen LogP) is 3.70. The number of aliphatic hydroxyl groups excluding tert-OH is 3. The molecule has 0 aromatic rings. The average Bonchev–Trinajstić information content (AvgIpc) is 2.99. The van der Waals surface area contributed by atoms with Gasteiger partial charge in [0.25, 0.3) is 0 Å². The van der Waals surface area contributed by atoms with Gasteiger partial charge in [0.1, 0.15) is 5.78 Å². The predicted molar refractivity (Wildman–Crippen MR) is 124 cm³/mol. The third kappa shape index (κ3) is 3.52. The Bertz CT molecular complexity index is 723. The van der Waals surface area contributed by atoms with Crippen molar-refractivity contribution < 1.29 is 25.2 Å². The zero-order valence-corrected chi connectivity index (χ0v) is 20.8. The van der Waals surface area contributed by atoms with E-state index < -0.39 is 17.8 Å². The number of ketones is 1. The van der Waals surface area contributed by atoms with Gasteiger partial charge in [0, 0.05) is 12.3 Å². The van der Waals surface area contributed by atoms with E-state index in [1.54, 1.807) is 0 Å². The molecule has 0 amide bonds. The third-order valence-electron chi connectivity index (χ3n) is 11.0. The van der Waals surface area contributed by atoms with Gasteiger partial charge in [0.2, 0.25) is 0 Å². The molecule has 0 aromatic heterocycles. The van der Waals surface area contributed by atoms with Gasteiger partial charge in [-0.25, -0.2) is 0 Å². The quantitative estimate of drug-likeness (QED) is 0.512. The van der Waals surface area contributed by atoms with E-state index in [9.17, 15) is 25.2 Å². The van der Waals surface area contributed by atoms with E-state index in [4.69, 9.17) is 0 Å². The molecule has 0 bridgehead atoms. The van der Waals surface area contributed by atoms with E-state index in [1.165, 1.54) is 0 Å². The van der Waals surface area contributed by atoms with Crippen molar-refractivity contribution in [1.29, 1.82) is 0 Å². The second kappa shape index (κ2) is 8.32. The highest BCUT2D eigenvalue weighted by Gasteiger charge is 2.69. The Kier molecular flexibility index (Phi) is 6.40. The zero-order valence-electron chi connectivity index (χ0n) is 20.8. The van der Waals surface area contributed by atoms with Gasteiger partial charge in [-0.15, -0.1) is 0 Å². The maximum atomic E-state index is 13.3. The van der Waals surface area contributed by atoms with E-state index in [1.807, 2.05) is 0 Å². The van der Waals surface area contributed by atoms with E-state index in [-0.39, 0.29) is 52.3 Å². The van der Waals surface area contributed by atoms with Crippen molar-refractivity contribution >= 4 is 5.78 Å². The summed E-state index contributed by atoms with van der Waals surface area (Å²) >= 11 is 0. The second-order valence-corrected chi connectivity index (χ2v) is 12.9. The van der Waals surface area contributed by atoms with Crippen molar-refractivity contribution in [3.05, 3.63) is 0 Å². The maximum absolute atomic E-state index is 13.3. The van der Waals surface area contributed by atoms with Crippen LogP contribution in [-0.4, -0.2) is 50.1 Å². The summed E-state index contributed by atoms with van der Waals surface area (Å²) in [6, 6.07) is 0. The van der Waals surface area contributed by atoms with Crippen LogP contribution in [0.15, 0.2) is 0 Å². The summed E-state index contributed by atoms with van der Waals surface area (Å²) in [5.74, 6) is 0.964. The monoisotopic (exact) mass is 450 g/mol. The molecule has 4 aliphatic rings. The van der Waals surface area contributed by atoms with Gasteiger partial charge in [-0.1, -0.05) is 34.6 Å². The van der Waals surface area contributed by atoms with Crippen LogP contribution in [0.1, 0.15) is 92.4 Å². The van der Waals surface area contributed by atoms with Gasteiger partial charge < -0.3 is 20.4 Å². The lowest BCUT2D eigenvalue weighted by Crippen LogP contribution is -2.65. The Balaban J connectivity index is 1.60. The molecule has 0 aliphatic heterocycles. The van der Waals surface area contributed by atoms with Gasteiger partial charge >= 0.3 is 0 Å². The third-order valence-corrected chi connectivity index (χ3v) is 11.0. The standard InChI is InChI=1S/C27H46O5/c1-15(2)6-7-21(28)16(3)17-9-11-27(32)19-12-22(29)20-13-23(30)24(31)14-25(20,4)18(19)8-10-26(17,27)5/h15-21,23-24,28,30-32H,6-14H2,1-5H3/t16-,17+,18-,19+,20?,21+,23+,24-,25+,26+,27+/m0/s1. The molecule has 4 rings (SSSR count). The Morgan fingerprint density at radius 1 is 1.00 bits per heavy atom. The van der Waals surface area contributed by atoms with Crippen molar-refractivity contribution in [2.45, 2.75) is 116 Å². The lowest BCUT2D eigenvalue weighted by Gasteiger charge is -2.63. The number of rotatable bonds is 5. The van der Waals surface area contributed by atoms with Crippen LogP contribution in [0.2, 0.25) is 0 Å². The summed E-state index contributed by atoms with van der Waals surface area (Å²) in [7, 11) is 0. The molecule has 4 fully saturated rings. The van der Waals surface area contributed by atoms with Gasteiger partial charge in [0.05, 0.1) is 23.9 Å². The number of fused-ring (bicyclic) bond motifs is 5. The molecule has 0 radical (unpaired) electrons. The summed E-state index contributed by atoms with van der Waals surface area (Å²) < 4.78 is 0. The van der Waals surface area contributed by atoms with Crippen molar-refractivity contribution in [3.8, 4) is 0 Å². The minimum absolute atomic E-state index is 0.0950. The van der Waals surface area contributed by atoms with Crippen LogP contribution in [0.4, 0.5) is 0 Å². The molecule has 1 unspecified atom stereocenters. The van der Waals surface area contributed by atoms with E-state index in [0.717, 1.165) is 32.1 Å². The summed E-state index contributed by atoms with van der Waals surface area (Å²) in [6.07, 6.45) is 4.42. The normalized spacial score (nSPS) is 50.5. The zero-order chi connectivity index (χ0) is 23.6. The molecule has 0 heterocycles. The van der Waals surface area contributed by atoms with Crippen molar-refractivity contribution in [2.75, 3.05) is 0 Å². The fraction of sp³-hybridized carbons (Fsp3) is 0.963. The molecule has 5 nitrogen and oxygen atoms in total. The van der Waals surface area contributed by atoms with Crippen LogP contribution < -0.4 is 0 Å². The Morgan fingerprint density at radius 2 is 1.69 bits per heavy atom. The average molecular weight is 451 g/mol. The molecular formula is C27H46O5. The number of Topliss-reactive ketones (excluding diaryl/α,β-unsaturated/α-hetero) is 1. The van der Waals surface area contributed by atoms with Gasteiger partial charge in [0.15, 0.2) is 0 Å². The van der Waals surface area contributed by atoms with Crippen LogP contribution in [0.25, 0.3) is 0 Å². The smallest absolute Gasteiger partial charge is 0.137 e. The topological polar surface area (TPSA) is 98.0 Å². The fourth-order valence-corrected chi connectivity index (χ4v) is 8.94. The highest BCUT2D eigenvalue weighted by Crippen LogP contribution is 2.69. The summed E-state index contributed by atoms with van der Waals surface area (Å²) in [5.41, 5.74) is -1.57. The van der Waals surface area contributed by atoms with Gasteiger partial charge in [-0.2, -0.15) is 0 Å². The van der Waals surface area contributed by atoms with Crippen molar-refractivity contribution in [3.63, 3.8) is 0 Å². The van der Waals surface area contributed by atoms with E-state index in [0.29, 0.717) is 31.6 Å². The van der Waals surface area contributed by atoms with Crippen LogP contribution in [0.3, 0.4) is 0 Å². The summed E-state index contributed by atoms with van der Waals surface area (Å²) in [6.45, 7) is 10.9. The molecule has 0 spiro atoms. The molecular weight excluding hydrogens is 404 g/mol. The molecule has 184 valence electrons. The fourth-order valence-electron chi connectivity index (χ4n) is 8.94. The van der Waals surface area contributed by atoms with Crippen LogP contribution in [0, 0.1) is 46.3 Å². The molecule has 11 atom stereocenters. The molecule has 4 N–H and O–H groups in total. The highest BCUT2D eigenvalue weighted by atomic mass is 16.3. The molecule has 0 saturated heterocycles. The van der Waals surface area contributed by atoms with Gasteiger partial charge in [-0.3, -0.25) is 4.79 Å². The first-order chi connectivity index (χ1) is 14.8. The van der Waals surface area contributed by atoms with Crippen molar-refractivity contribution in [1.82, 2.24) is 0 Å². The maximum Gasteiger partial charge on any atom is 0.137 e. The summed E-state index contributed by atoms with van der Waals surface area (Å²) in [4.78, 5) is 13.3. The lowest BCUT2D eigenvalue weighted by molar-refractivity contribution is -0.220. The largest absolute Gasteiger partial charge is 0.393 e. The number of hydrogen-bond donors (Lipinski definition) is 4. The highest BCUT2D eigenvalue weighted by molar-refractivity contribution is 5.83. The van der Waals surface area contributed by atoms with E-state index >= 15 is 0 Å².